The smallest absolute Gasteiger partial charge is 0.463 e. The minimum Gasteiger partial charge on any atom is -0.463 e. The Morgan fingerprint density at radius 1 is 0.453 bits per heavy atom. The second-order valence-corrected chi connectivity index (χ2v) is 25.5. The van der Waals surface area contributed by atoms with Crippen molar-refractivity contribution in [1.82, 2.24) is 16.0 Å². The van der Waals surface area contributed by atoms with Crippen LogP contribution < -0.4 is 30.7 Å². The zero-order valence-corrected chi connectivity index (χ0v) is 65.9. The number of carbonyl (C=O) groups excluding carboxylic acids is 9. The second-order valence-electron chi connectivity index (χ2n) is 25.5. The van der Waals surface area contributed by atoms with E-state index in [9.17, 15) is 65.1 Å². The number of benzene rings is 4. The Morgan fingerprint density at radius 2 is 0.915 bits per heavy atom. The highest BCUT2D eigenvalue weighted by atomic mass is 19.2. The van der Waals surface area contributed by atoms with Crippen molar-refractivity contribution in [2.45, 2.75) is 109 Å². The van der Waals surface area contributed by atoms with Gasteiger partial charge in [0, 0.05) is 66.7 Å². The number of unbranched alkanes of at least 4 members (excludes halogenated alkanes) is 1. The number of alkyl carbamates (subject to hydrolysis) is 1. The van der Waals surface area contributed by atoms with Gasteiger partial charge in [-0.1, -0.05) is 54.6 Å². The quantitative estimate of drug-likeness (QED) is 0.00704. The molecule has 1 aliphatic heterocycles. The second kappa shape index (κ2) is 55.3. The molecule has 117 heavy (non-hydrogen) atoms. The van der Waals surface area contributed by atoms with Crippen LogP contribution in [0.4, 0.5) is 37.2 Å². The highest BCUT2D eigenvalue weighted by Crippen LogP contribution is 2.45. The third-order valence-corrected chi connectivity index (χ3v) is 16.7. The Morgan fingerprint density at radius 3 is 1.40 bits per heavy atom. The lowest BCUT2D eigenvalue weighted by Crippen LogP contribution is -2.63. The first-order chi connectivity index (χ1) is 56.6. The van der Waals surface area contributed by atoms with Crippen LogP contribution in [0.2, 0.25) is 0 Å². The first-order valence-electron chi connectivity index (χ1n) is 37.8. The highest BCUT2D eigenvalue weighted by Gasteiger charge is 2.54. The third kappa shape index (κ3) is 36.2. The first kappa shape index (κ1) is 96.5. The molecule has 0 spiro atoms. The Balaban J connectivity index is 0.934. The van der Waals surface area contributed by atoms with E-state index in [1.807, 2.05) is 48.5 Å². The van der Waals surface area contributed by atoms with Crippen LogP contribution in [0.3, 0.4) is 0 Å². The maximum Gasteiger partial charge on any atom is 0.514 e. The number of hydrogen-bond acceptors (Lipinski definition) is 30. The summed E-state index contributed by atoms with van der Waals surface area (Å²) in [6.45, 7) is 11.4. The number of amides is 4. The fourth-order valence-electron chi connectivity index (χ4n) is 11.3. The summed E-state index contributed by atoms with van der Waals surface area (Å²) in [6, 6.07) is 17.4. The van der Waals surface area contributed by atoms with E-state index in [4.69, 9.17) is 94.7 Å². The number of carbonyl (C=O) groups is 9. The fraction of sp³-hybridized carbons (Fsp3) is 0.577. The molecule has 6 rings (SSSR count). The van der Waals surface area contributed by atoms with Gasteiger partial charge in [0.05, 0.1) is 158 Å². The Bertz CT molecular complexity index is 3660. The molecule has 4 N–H and O–H groups in total. The minimum absolute atomic E-state index is 0.0126. The Kier molecular flexibility index (Phi) is 45.6. The van der Waals surface area contributed by atoms with E-state index >= 15 is 0 Å². The summed E-state index contributed by atoms with van der Waals surface area (Å²) in [7, 11) is 1.62. The number of halogens is 5. The molecule has 1 heterocycles. The maximum atomic E-state index is 14.4. The van der Waals surface area contributed by atoms with Gasteiger partial charge >= 0.3 is 36.1 Å². The summed E-state index contributed by atoms with van der Waals surface area (Å²) < 4.78 is 185. The van der Waals surface area contributed by atoms with E-state index in [2.05, 4.69) is 26.0 Å². The number of anilines is 1. The molecule has 4 amide bonds. The van der Waals surface area contributed by atoms with Crippen LogP contribution in [0.1, 0.15) is 82.4 Å². The molecule has 1 aliphatic carbocycles. The summed E-state index contributed by atoms with van der Waals surface area (Å²) >= 11 is 0. The zero-order valence-electron chi connectivity index (χ0n) is 65.9. The molecule has 2 aliphatic rings. The van der Waals surface area contributed by atoms with E-state index in [1.54, 1.807) is 7.11 Å². The van der Waals surface area contributed by atoms with Gasteiger partial charge in [0.1, 0.15) is 37.7 Å². The summed E-state index contributed by atoms with van der Waals surface area (Å²) in [6.07, 6.45) is -11.3. The third-order valence-electron chi connectivity index (χ3n) is 16.7. The Labute approximate surface area is 672 Å². The summed E-state index contributed by atoms with van der Waals surface area (Å²) in [5.41, 5.74) is 3.37. The number of esters is 4. The molecule has 0 saturated carbocycles. The molecule has 4 aromatic carbocycles. The van der Waals surface area contributed by atoms with Gasteiger partial charge in [0.25, 0.3) is 0 Å². The molecule has 4 aromatic rings. The highest BCUT2D eigenvalue weighted by molar-refractivity contribution is 5.93. The lowest BCUT2D eigenvalue weighted by molar-refractivity contribution is -0.288. The van der Waals surface area contributed by atoms with Crippen molar-refractivity contribution < 1.29 is 165 Å². The predicted molar refractivity (Wildman–Crippen MR) is 397 cm³/mol. The number of methoxy groups -OCH3 is 1. The number of rotatable bonds is 59. The molecule has 0 bridgehead atoms. The lowest BCUT2D eigenvalue weighted by Gasteiger charge is -2.44. The standard InChI is InChI=1S/C78H103F5N4O30/c1-50(88)109-49-63-71(112-51(2)89)73(113-52(3)90)74(114-53(4)91)76(116-63)115-62-18-17-54(47-111-78(96)117-72-69(82)67(80)66(79)68(81)70(72)83)46-61(62)86-65(93)19-22-85-75(94)60(87-77(95)110-48-59-57-14-8-6-12-55(57)56-13-7-9-15-58(56)59)16-10-11-21-84-64(92)20-23-98-26-27-100-30-31-102-34-35-104-38-39-106-42-43-108-45-44-107-41-40-105-37-36-103-33-32-101-29-28-99-25-24-97-5/h6-9,12-15,17-18,46,59-60,63,71,73-74,76H,10-11,16,19-45,47-49H2,1-5H3,(H,84,92)(H,85,94)(H,86,93)(H,87,95)/t60?,63-,71-,73+,74+,76+/m1/s1. The van der Waals surface area contributed by atoms with Crippen molar-refractivity contribution in [1.29, 1.82) is 0 Å². The number of fused-ring (bicyclic) bond motifs is 3. The van der Waals surface area contributed by atoms with Crippen LogP contribution in [0, 0.1) is 29.1 Å². The van der Waals surface area contributed by atoms with Gasteiger partial charge in [0.2, 0.25) is 65.0 Å². The molecule has 650 valence electrons. The Hall–Kier alpha value is -9.36. The van der Waals surface area contributed by atoms with E-state index in [1.165, 1.54) is 0 Å². The van der Waals surface area contributed by atoms with Crippen molar-refractivity contribution >= 4 is 59.5 Å². The van der Waals surface area contributed by atoms with Gasteiger partial charge in [0.15, 0.2) is 12.2 Å². The van der Waals surface area contributed by atoms with E-state index in [0.29, 0.717) is 139 Å². The summed E-state index contributed by atoms with van der Waals surface area (Å²) in [4.78, 5) is 117. The van der Waals surface area contributed by atoms with E-state index in [0.717, 1.165) is 68.1 Å². The van der Waals surface area contributed by atoms with Gasteiger partial charge in [-0.15, -0.1) is 0 Å². The van der Waals surface area contributed by atoms with Crippen LogP contribution in [0.25, 0.3) is 11.1 Å². The maximum absolute atomic E-state index is 14.4. The van der Waals surface area contributed by atoms with E-state index < -0.39 is 146 Å². The lowest BCUT2D eigenvalue weighted by atomic mass is 9.98. The summed E-state index contributed by atoms with van der Waals surface area (Å²) in [5, 5.41) is 10.6. The minimum atomic E-state index is -2.53. The monoisotopic (exact) mass is 1670 g/mol. The molecule has 0 aromatic heterocycles. The van der Waals surface area contributed by atoms with Crippen LogP contribution in [0.15, 0.2) is 66.7 Å². The van der Waals surface area contributed by atoms with Crippen LogP contribution in [0.5, 0.6) is 11.5 Å². The first-order valence-corrected chi connectivity index (χ1v) is 37.8. The largest absolute Gasteiger partial charge is 0.514 e. The fourth-order valence-corrected chi connectivity index (χ4v) is 11.3. The molecule has 1 fully saturated rings. The van der Waals surface area contributed by atoms with Crippen molar-refractivity contribution in [2.24, 2.45) is 0 Å². The topological polar surface area (TPSA) is 396 Å². The molecule has 6 atom stereocenters. The average Bonchev–Trinajstić information content (AvgIpc) is 1.75. The summed E-state index contributed by atoms with van der Waals surface area (Å²) in [5.74, 6) is -20.7. The molecule has 39 heteroatoms. The van der Waals surface area contributed by atoms with Gasteiger partial charge in [-0.3, -0.25) is 33.6 Å². The van der Waals surface area contributed by atoms with E-state index in [-0.39, 0.29) is 81.1 Å². The van der Waals surface area contributed by atoms with Gasteiger partial charge in [-0.2, -0.15) is 8.78 Å². The van der Waals surface area contributed by atoms with Gasteiger partial charge in [-0.25, -0.2) is 22.8 Å². The molecule has 0 radical (unpaired) electrons. The van der Waals surface area contributed by atoms with Gasteiger partial charge < -0.3 is 121 Å². The molecule has 1 saturated heterocycles. The van der Waals surface area contributed by atoms with Crippen LogP contribution in [-0.4, -0.2) is 276 Å². The normalized spacial score (nSPS) is 15.7. The van der Waals surface area contributed by atoms with Crippen molar-refractivity contribution in [2.75, 3.05) is 191 Å². The molecular formula is C78H103F5N4O30. The number of hydrogen-bond donors (Lipinski definition) is 4. The van der Waals surface area contributed by atoms with Crippen molar-refractivity contribution in [3.8, 4) is 22.6 Å². The van der Waals surface area contributed by atoms with Crippen LogP contribution in [-0.2, 0) is 130 Å². The number of ether oxygens (including phenoxy) is 21. The predicted octanol–water partition coefficient (Wildman–Crippen LogP) is 6.42. The van der Waals surface area contributed by atoms with Crippen molar-refractivity contribution in [3.05, 3.63) is 113 Å². The molecule has 1 unspecified atom stereocenters. The SMILES string of the molecule is COCCOCCOCCOCCOCCOCCOCCOCCOCCOCCOCCOCCC(=O)NCCCCC(NC(=O)OCC1c2ccccc2-c2ccccc21)C(=O)NCCC(=O)Nc1cc(COC(=O)Oc2c(F)c(F)c(F)c(F)c2F)ccc1O[C@H]1O[C@H](COC(C)=O)[C@@H](OC(C)=O)[C@H](OC(C)=O)[C@@H]1OC(C)=O. The molecular weight excluding hydrogens is 1570 g/mol. The number of nitrogens with one attached hydrogen (secondary N) is 4. The average molecular weight is 1670 g/mol. The van der Waals surface area contributed by atoms with Crippen LogP contribution >= 0.6 is 0 Å². The van der Waals surface area contributed by atoms with Crippen molar-refractivity contribution in [3.63, 3.8) is 0 Å². The molecule has 34 nitrogen and oxygen atoms in total. The van der Waals surface area contributed by atoms with Gasteiger partial charge in [-0.05, 0) is 59.2 Å². The zero-order chi connectivity index (χ0) is 84.5.